The molecule has 2 saturated carbocycles. The number of nitrogens with one attached hydrogen (secondary N) is 1. The minimum atomic E-state index is -0.480. The Bertz CT molecular complexity index is 1930. The van der Waals surface area contributed by atoms with Crippen LogP contribution in [0.25, 0.3) is 28.1 Å². The van der Waals surface area contributed by atoms with Gasteiger partial charge in [-0.15, -0.1) is 0 Å². The molecule has 2 bridgehead atoms. The topological polar surface area (TPSA) is 129 Å². The number of fused-ring (bicyclic) bond motifs is 4. The highest BCUT2D eigenvalue weighted by atomic mass is 16.5. The number of pyridine rings is 2. The van der Waals surface area contributed by atoms with Crippen LogP contribution < -0.4 is 15.8 Å². The fourth-order valence-electron chi connectivity index (χ4n) is 8.16. The van der Waals surface area contributed by atoms with E-state index < -0.39 is 5.41 Å². The van der Waals surface area contributed by atoms with Gasteiger partial charge in [0.25, 0.3) is 5.91 Å². The van der Waals surface area contributed by atoms with E-state index in [9.17, 15) is 9.59 Å². The molecule has 11 heteroatoms. The summed E-state index contributed by atoms with van der Waals surface area (Å²) in [6.45, 7) is 5.68. The molecule has 3 saturated heterocycles. The maximum Gasteiger partial charge on any atom is 0.254 e. The Hall–Kier alpha value is -3.96. The van der Waals surface area contributed by atoms with Crippen molar-refractivity contribution in [1.82, 2.24) is 29.2 Å². The summed E-state index contributed by atoms with van der Waals surface area (Å²) >= 11 is 0. The largest absolute Gasteiger partial charge is 0.482 e. The lowest BCUT2D eigenvalue weighted by Gasteiger charge is -2.37. The normalized spacial score (nSPS) is 25.4. The molecule has 2 amide bonds. The minimum absolute atomic E-state index is 0.00185. The van der Waals surface area contributed by atoms with E-state index in [1.165, 1.54) is 12.8 Å². The monoisotopic (exact) mass is 637 g/mol. The lowest BCUT2D eigenvalue weighted by molar-refractivity contribution is -0.158. The van der Waals surface area contributed by atoms with E-state index in [1.807, 2.05) is 36.9 Å². The van der Waals surface area contributed by atoms with Gasteiger partial charge in [0, 0.05) is 47.6 Å². The van der Waals surface area contributed by atoms with Crippen LogP contribution in [0, 0.1) is 11.3 Å². The van der Waals surface area contributed by atoms with Crippen LogP contribution in [-0.2, 0) is 16.1 Å². The van der Waals surface area contributed by atoms with Crippen molar-refractivity contribution in [2.24, 2.45) is 17.1 Å². The number of amides is 2. The van der Waals surface area contributed by atoms with Crippen molar-refractivity contribution in [3.63, 3.8) is 0 Å². The molecule has 9 rings (SSSR count). The number of carbonyl (C=O) groups is 2. The van der Waals surface area contributed by atoms with E-state index in [2.05, 4.69) is 26.4 Å². The predicted molar refractivity (Wildman–Crippen MR) is 176 cm³/mol. The summed E-state index contributed by atoms with van der Waals surface area (Å²) in [5.74, 6) is 1.61. The first kappa shape index (κ1) is 29.2. The average Bonchev–Trinajstić information content (AvgIpc) is 3.93. The van der Waals surface area contributed by atoms with Crippen molar-refractivity contribution >= 4 is 28.5 Å². The lowest BCUT2D eigenvalue weighted by Crippen LogP contribution is -2.52. The van der Waals surface area contributed by atoms with Gasteiger partial charge in [-0.1, -0.05) is 0 Å². The predicted octanol–water partition coefficient (Wildman–Crippen LogP) is 4.56. The van der Waals surface area contributed by atoms with Crippen molar-refractivity contribution < 1.29 is 19.1 Å². The van der Waals surface area contributed by atoms with Gasteiger partial charge >= 0.3 is 0 Å². The highest BCUT2D eigenvalue weighted by Gasteiger charge is 2.47. The zero-order chi connectivity index (χ0) is 32.2. The number of hydrogen-bond donors (Lipinski definition) is 2. The molecule has 0 aromatic carbocycles. The van der Waals surface area contributed by atoms with E-state index in [-0.39, 0.29) is 36.0 Å². The fourth-order valence-corrected chi connectivity index (χ4v) is 8.16. The van der Waals surface area contributed by atoms with Crippen molar-refractivity contribution in [3.05, 3.63) is 47.3 Å². The van der Waals surface area contributed by atoms with Crippen LogP contribution >= 0.6 is 0 Å². The third kappa shape index (κ3) is 4.68. The van der Waals surface area contributed by atoms with Gasteiger partial charge in [0.1, 0.15) is 17.0 Å². The molecule has 0 radical (unpaired) electrons. The molecule has 5 fully saturated rings. The van der Waals surface area contributed by atoms with E-state index in [0.717, 1.165) is 78.1 Å². The molecule has 4 aromatic rings. The van der Waals surface area contributed by atoms with Gasteiger partial charge in [-0.2, -0.15) is 0 Å². The van der Waals surface area contributed by atoms with Crippen molar-refractivity contribution in [1.29, 1.82) is 0 Å². The van der Waals surface area contributed by atoms with Gasteiger partial charge in [-0.3, -0.25) is 14.0 Å². The number of nitrogens with two attached hydrogens (primary N) is 1. The molecule has 4 aromatic heterocycles. The lowest BCUT2D eigenvalue weighted by atomic mass is 9.87. The second-order valence-electron chi connectivity index (χ2n) is 15.0. The first-order chi connectivity index (χ1) is 22.7. The van der Waals surface area contributed by atoms with Gasteiger partial charge < -0.3 is 30.0 Å². The van der Waals surface area contributed by atoms with Crippen LogP contribution in [0.5, 0.6) is 5.88 Å². The van der Waals surface area contributed by atoms with Crippen LogP contribution in [-0.4, -0.2) is 74.1 Å². The highest BCUT2D eigenvalue weighted by molar-refractivity contribution is 5.97. The highest BCUT2D eigenvalue weighted by Crippen LogP contribution is 2.47. The van der Waals surface area contributed by atoms with Crippen LogP contribution in [0.3, 0.4) is 0 Å². The molecule has 7 heterocycles. The summed E-state index contributed by atoms with van der Waals surface area (Å²) in [5, 5.41) is 4.21. The van der Waals surface area contributed by atoms with Crippen molar-refractivity contribution in [3.8, 4) is 17.3 Å². The zero-order valence-corrected chi connectivity index (χ0v) is 27.4. The Labute approximate surface area is 273 Å². The molecule has 47 heavy (non-hydrogen) atoms. The number of ether oxygens (including phenoxy) is 2. The Balaban J connectivity index is 1.14. The quantitative estimate of drug-likeness (QED) is 0.275. The standard InChI is InChI=1S/C36H43N7O4/c1-19(38-35(45)36(2)17-47-18-36)26-10-8-22-12-28(41(33(22)39-26)16-20-4-5-20)31-32(21-6-7-21)43-29(40-31)13-23(14-30(43)46-3)34(44)42-24-9-11-27(42)25(37)15-24/h8,10,12-14,19-21,24-25,27H,4-7,9,11,15-18,37H2,1-3H3,(H,38,45)/t19-,24+,25-,27-/m1/s1. The van der Waals surface area contributed by atoms with Crippen LogP contribution in [0.15, 0.2) is 30.3 Å². The molecule has 246 valence electrons. The summed E-state index contributed by atoms with van der Waals surface area (Å²) in [5.41, 5.74) is 12.1. The molecular weight excluding hydrogens is 594 g/mol. The van der Waals surface area contributed by atoms with Crippen molar-refractivity contribution in [2.75, 3.05) is 20.3 Å². The van der Waals surface area contributed by atoms with E-state index in [1.54, 1.807) is 7.11 Å². The maximum atomic E-state index is 13.9. The number of methoxy groups -OCH3 is 1. The summed E-state index contributed by atoms with van der Waals surface area (Å²) in [6, 6.07) is 10.3. The van der Waals surface area contributed by atoms with Crippen LogP contribution in [0.1, 0.15) is 92.5 Å². The number of imidazole rings is 1. The molecule has 5 aliphatic rings. The molecule has 11 nitrogen and oxygen atoms in total. The summed E-state index contributed by atoms with van der Waals surface area (Å²) in [4.78, 5) is 39.4. The first-order valence-electron chi connectivity index (χ1n) is 17.3. The van der Waals surface area contributed by atoms with Gasteiger partial charge in [0.05, 0.1) is 48.9 Å². The summed E-state index contributed by atoms with van der Waals surface area (Å²) in [6.07, 6.45) is 7.44. The number of rotatable bonds is 9. The molecule has 3 aliphatic heterocycles. The Morgan fingerprint density at radius 3 is 2.55 bits per heavy atom. The zero-order valence-electron chi connectivity index (χ0n) is 27.4. The average molecular weight is 638 g/mol. The third-order valence-electron chi connectivity index (χ3n) is 11.3. The van der Waals surface area contributed by atoms with Gasteiger partial charge in [-0.05, 0) is 89.0 Å². The van der Waals surface area contributed by atoms with E-state index in [4.69, 9.17) is 25.2 Å². The molecule has 2 aliphatic carbocycles. The first-order valence-corrected chi connectivity index (χ1v) is 17.3. The number of carbonyl (C=O) groups excluding carboxylic acids is 2. The number of aromatic nitrogens is 4. The molecule has 0 spiro atoms. The fraction of sp³-hybridized carbons (Fsp3) is 0.556. The summed E-state index contributed by atoms with van der Waals surface area (Å²) < 4.78 is 15.7. The molecule has 3 N–H and O–H groups in total. The third-order valence-corrected chi connectivity index (χ3v) is 11.3. The van der Waals surface area contributed by atoms with Crippen molar-refractivity contribution in [2.45, 2.75) is 95.4 Å². The second-order valence-corrected chi connectivity index (χ2v) is 15.0. The number of hydrogen-bond acceptors (Lipinski definition) is 7. The Morgan fingerprint density at radius 2 is 1.91 bits per heavy atom. The Kier molecular flexibility index (Phi) is 6.54. The Morgan fingerprint density at radius 1 is 1.11 bits per heavy atom. The van der Waals surface area contributed by atoms with Gasteiger partial charge in [-0.25, -0.2) is 9.97 Å². The van der Waals surface area contributed by atoms with Crippen LogP contribution in [0.4, 0.5) is 0 Å². The molecular formula is C36H43N7O4. The minimum Gasteiger partial charge on any atom is -0.482 e. The van der Waals surface area contributed by atoms with Gasteiger partial charge in [0.15, 0.2) is 5.88 Å². The smallest absolute Gasteiger partial charge is 0.254 e. The molecule has 0 unspecified atom stereocenters. The summed E-state index contributed by atoms with van der Waals surface area (Å²) in [7, 11) is 1.67. The second kappa shape index (κ2) is 10.5. The van der Waals surface area contributed by atoms with E-state index >= 15 is 0 Å². The number of nitrogens with zero attached hydrogens (tertiary/aromatic N) is 5. The SMILES string of the molecule is COc1cc(C(=O)N2[C@H]3CC[C@@H]2[C@H](N)C3)cc2nc(-c3cc4ccc([C@@H](C)NC(=O)C5(C)COC5)nc4n3CC3CC3)c(C3CC3)n12. The maximum absolute atomic E-state index is 13.9. The molecule has 4 atom stereocenters. The van der Waals surface area contributed by atoms with E-state index in [0.29, 0.717) is 36.5 Å². The van der Waals surface area contributed by atoms with Crippen LogP contribution in [0.2, 0.25) is 0 Å². The van der Waals surface area contributed by atoms with Gasteiger partial charge in [0.2, 0.25) is 5.91 Å².